The lowest BCUT2D eigenvalue weighted by Crippen LogP contribution is -2.27. The maximum atomic E-state index is 8.91. The molecule has 4 nitrogen and oxygen atoms in total. The summed E-state index contributed by atoms with van der Waals surface area (Å²) >= 11 is 0. The molecule has 0 saturated heterocycles. The summed E-state index contributed by atoms with van der Waals surface area (Å²) in [5.74, 6) is 0.876. The number of aliphatic hydroxyl groups excluding tert-OH is 1. The fraction of sp³-hybridized carbons (Fsp3) is 0.545. The van der Waals surface area contributed by atoms with Crippen LogP contribution < -0.4 is 10.6 Å². The highest BCUT2D eigenvalue weighted by Gasteiger charge is 2.07. The van der Waals surface area contributed by atoms with Gasteiger partial charge in [-0.05, 0) is 31.5 Å². The van der Waals surface area contributed by atoms with Gasteiger partial charge in [0.15, 0.2) is 0 Å². The van der Waals surface area contributed by atoms with Crippen LogP contribution in [0.4, 0.5) is 5.82 Å². The molecule has 4 heteroatoms. The Morgan fingerprint density at radius 2 is 2.33 bits per heavy atom. The maximum absolute atomic E-state index is 8.91. The lowest BCUT2D eigenvalue weighted by atomic mass is 10.1. The Morgan fingerprint density at radius 1 is 1.60 bits per heavy atom. The number of hydrogen-bond donors (Lipinski definition) is 2. The van der Waals surface area contributed by atoms with Crippen LogP contribution in [-0.4, -0.2) is 29.8 Å². The van der Waals surface area contributed by atoms with Crippen molar-refractivity contribution < 1.29 is 5.11 Å². The van der Waals surface area contributed by atoms with Crippen LogP contribution in [-0.2, 0) is 0 Å². The molecule has 0 spiro atoms. The highest BCUT2D eigenvalue weighted by molar-refractivity contribution is 5.41. The van der Waals surface area contributed by atoms with E-state index in [1.165, 1.54) is 0 Å². The Morgan fingerprint density at radius 3 is 2.87 bits per heavy atom. The first kappa shape index (κ1) is 11.9. The highest BCUT2D eigenvalue weighted by Crippen LogP contribution is 2.16. The average molecular weight is 209 g/mol. The average Bonchev–Trinajstić information content (AvgIpc) is 2.26. The molecule has 1 aromatic rings. The van der Waals surface area contributed by atoms with Gasteiger partial charge in [0.1, 0.15) is 5.82 Å². The summed E-state index contributed by atoms with van der Waals surface area (Å²) in [7, 11) is 0. The zero-order chi connectivity index (χ0) is 11.3. The van der Waals surface area contributed by atoms with Crippen LogP contribution in [0.25, 0.3) is 0 Å². The van der Waals surface area contributed by atoms with E-state index >= 15 is 0 Å². The molecule has 1 rings (SSSR count). The van der Waals surface area contributed by atoms with E-state index < -0.39 is 0 Å². The predicted octanol–water partition coefficient (Wildman–Crippen LogP) is 0.920. The van der Waals surface area contributed by atoms with Crippen LogP contribution in [0.2, 0.25) is 0 Å². The van der Waals surface area contributed by atoms with Crippen molar-refractivity contribution in [3.63, 3.8) is 0 Å². The number of nitrogens with two attached hydrogens (primary N) is 1. The van der Waals surface area contributed by atoms with Gasteiger partial charge in [0.05, 0.1) is 6.61 Å². The first-order chi connectivity index (χ1) is 7.19. The Hall–Kier alpha value is -1.13. The molecule has 1 atom stereocenters. The fourth-order valence-electron chi connectivity index (χ4n) is 1.45. The molecule has 0 radical (unpaired) electrons. The second-order valence-electron chi connectivity index (χ2n) is 3.54. The van der Waals surface area contributed by atoms with E-state index in [2.05, 4.69) is 4.98 Å². The largest absolute Gasteiger partial charge is 0.395 e. The summed E-state index contributed by atoms with van der Waals surface area (Å²) in [5, 5.41) is 8.91. The van der Waals surface area contributed by atoms with E-state index in [0.717, 1.165) is 17.9 Å². The summed E-state index contributed by atoms with van der Waals surface area (Å²) in [6, 6.07) is 3.91. The summed E-state index contributed by atoms with van der Waals surface area (Å²) in [6.07, 6.45) is 1.76. The van der Waals surface area contributed by atoms with Crippen LogP contribution >= 0.6 is 0 Å². The number of rotatable bonds is 5. The predicted molar refractivity (Wildman–Crippen MR) is 61.8 cm³/mol. The highest BCUT2D eigenvalue weighted by atomic mass is 16.3. The van der Waals surface area contributed by atoms with Crippen molar-refractivity contribution in [2.75, 3.05) is 24.6 Å². The van der Waals surface area contributed by atoms with E-state index in [-0.39, 0.29) is 12.6 Å². The number of likely N-dealkylation sites (N-methyl/N-ethyl adjacent to an activating group) is 1. The fourth-order valence-corrected chi connectivity index (χ4v) is 1.45. The van der Waals surface area contributed by atoms with Crippen LogP contribution in [0.15, 0.2) is 18.3 Å². The van der Waals surface area contributed by atoms with Crippen molar-refractivity contribution in [1.82, 2.24) is 4.98 Å². The number of hydrogen-bond acceptors (Lipinski definition) is 4. The van der Waals surface area contributed by atoms with Crippen molar-refractivity contribution >= 4 is 5.82 Å². The van der Waals surface area contributed by atoms with Crippen LogP contribution in [0.5, 0.6) is 0 Å². The van der Waals surface area contributed by atoms with Gasteiger partial charge in [-0.1, -0.05) is 0 Å². The van der Waals surface area contributed by atoms with Crippen molar-refractivity contribution in [2.24, 2.45) is 5.73 Å². The van der Waals surface area contributed by atoms with Crippen LogP contribution in [0.3, 0.4) is 0 Å². The Kier molecular flexibility index (Phi) is 4.52. The van der Waals surface area contributed by atoms with E-state index in [1.807, 2.05) is 30.9 Å². The lowest BCUT2D eigenvalue weighted by Gasteiger charge is -2.21. The normalized spacial score (nSPS) is 12.5. The summed E-state index contributed by atoms with van der Waals surface area (Å²) in [6.45, 7) is 5.55. The summed E-state index contributed by atoms with van der Waals surface area (Å²) in [5.41, 5.74) is 6.87. The summed E-state index contributed by atoms with van der Waals surface area (Å²) in [4.78, 5) is 6.29. The second kappa shape index (κ2) is 5.68. The molecule has 0 aliphatic carbocycles. The minimum atomic E-state index is 0.0135. The molecular formula is C11H19N3O. The van der Waals surface area contributed by atoms with E-state index in [4.69, 9.17) is 10.8 Å². The minimum absolute atomic E-state index is 0.0135. The number of nitrogens with zero attached hydrogens (tertiary/aromatic N) is 2. The number of pyridine rings is 1. The smallest absolute Gasteiger partial charge is 0.128 e. The monoisotopic (exact) mass is 209 g/mol. The van der Waals surface area contributed by atoms with E-state index in [0.29, 0.717) is 6.54 Å². The van der Waals surface area contributed by atoms with Gasteiger partial charge in [0.25, 0.3) is 0 Å². The lowest BCUT2D eigenvalue weighted by molar-refractivity contribution is 0.302. The zero-order valence-electron chi connectivity index (χ0n) is 9.35. The molecule has 0 aromatic carbocycles. The molecule has 0 amide bonds. The standard InChI is InChI=1S/C11H19N3O/c1-3-14(6-7-15)11-8-10(9(2)12)4-5-13-11/h4-5,8-9,15H,3,6-7,12H2,1-2H3/t9-/m0/s1. The quantitative estimate of drug-likeness (QED) is 0.757. The molecule has 0 aliphatic heterocycles. The molecule has 0 aliphatic rings. The van der Waals surface area contributed by atoms with E-state index in [9.17, 15) is 0 Å². The third kappa shape index (κ3) is 3.18. The van der Waals surface area contributed by atoms with Crippen LogP contribution in [0, 0.1) is 0 Å². The molecule has 1 aromatic heterocycles. The molecule has 0 fully saturated rings. The maximum Gasteiger partial charge on any atom is 0.128 e. The van der Waals surface area contributed by atoms with Gasteiger partial charge in [-0.2, -0.15) is 0 Å². The third-order valence-corrected chi connectivity index (χ3v) is 2.37. The van der Waals surface area contributed by atoms with Crippen LogP contribution in [0.1, 0.15) is 25.5 Å². The first-order valence-electron chi connectivity index (χ1n) is 5.26. The van der Waals surface area contributed by atoms with Crippen molar-refractivity contribution in [2.45, 2.75) is 19.9 Å². The minimum Gasteiger partial charge on any atom is -0.395 e. The number of anilines is 1. The molecule has 0 bridgehead atoms. The molecule has 1 heterocycles. The Labute approximate surface area is 90.7 Å². The molecule has 84 valence electrons. The van der Waals surface area contributed by atoms with Gasteiger partial charge in [-0.3, -0.25) is 0 Å². The van der Waals surface area contributed by atoms with Crippen molar-refractivity contribution in [3.8, 4) is 0 Å². The summed E-state index contributed by atoms with van der Waals surface area (Å²) < 4.78 is 0. The van der Waals surface area contributed by atoms with Gasteiger partial charge in [0.2, 0.25) is 0 Å². The molecule has 15 heavy (non-hydrogen) atoms. The zero-order valence-corrected chi connectivity index (χ0v) is 9.35. The van der Waals surface area contributed by atoms with Gasteiger partial charge in [-0.15, -0.1) is 0 Å². The molecule has 0 saturated carbocycles. The number of aliphatic hydroxyl groups is 1. The first-order valence-corrected chi connectivity index (χ1v) is 5.26. The van der Waals surface area contributed by atoms with E-state index in [1.54, 1.807) is 6.20 Å². The van der Waals surface area contributed by atoms with Gasteiger partial charge in [-0.25, -0.2) is 4.98 Å². The second-order valence-corrected chi connectivity index (χ2v) is 3.54. The Bertz CT molecular complexity index is 302. The third-order valence-electron chi connectivity index (χ3n) is 2.37. The van der Waals surface area contributed by atoms with Gasteiger partial charge in [0, 0.05) is 25.3 Å². The van der Waals surface area contributed by atoms with Crippen molar-refractivity contribution in [1.29, 1.82) is 0 Å². The molecule has 3 N–H and O–H groups in total. The van der Waals surface area contributed by atoms with Gasteiger partial charge >= 0.3 is 0 Å². The number of aromatic nitrogens is 1. The Balaban J connectivity index is 2.87. The SMILES string of the molecule is CCN(CCO)c1cc([C@H](C)N)ccn1. The molecule has 0 unspecified atom stereocenters. The van der Waals surface area contributed by atoms with Gasteiger partial charge < -0.3 is 15.7 Å². The molecular weight excluding hydrogens is 190 g/mol. The topological polar surface area (TPSA) is 62.4 Å². The van der Waals surface area contributed by atoms with Crippen molar-refractivity contribution in [3.05, 3.63) is 23.9 Å².